The summed E-state index contributed by atoms with van der Waals surface area (Å²) < 4.78 is 51.7. The van der Waals surface area contributed by atoms with Crippen molar-refractivity contribution in [3.63, 3.8) is 0 Å². The minimum absolute atomic E-state index is 0.120. The van der Waals surface area contributed by atoms with Crippen LogP contribution >= 0.6 is 0 Å². The second-order valence-electron chi connectivity index (χ2n) is 7.22. The summed E-state index contributed by atoms with van der Waals surface area (Å²) in [6, 6.07) is 0. The van der Waals surface area contributed by atoms with Gasteiger partial charge in [0.25, 0.3) is 0 Å². The molecule has 0 saturated heterocycles. The van der Waals surface area contributed by atoms with Crippen LogP contribution in [0.1, 0.15) is 33.6 Å². The van der Waals surface area contributed by atoms with Gasteiger partial charge in [-0.05, 0) is 46.0 Å². The molecule has 1 heterocycles. The molecule has 0 bridgehead atoms. The number of allylic oxidation sites excluding steroid dienone is 4. The monoisotopic (exact) mass is 458 g/mol. The maximum Gasteiger partial charge on any atom is 0.416 e. The van der Waals surface area contributed by atoms with Gasteiger partial charge in [0.05, 0.1) is 37.1 Å². The molecule has 0 aliphatic carbocycles. The minimum atomic E-state index is -4.57. The number of aliphatic imine (C=N–C) groups is 1. The van der Waals surface area contributed by atoms with E-state index >= 15 is 0 Å². The van der Waals surface area contributed by atoms with Crippen molar-refractivity contribution in [1.82, 2.24) is 15.5 Å². The molecule has 0 aromatic carbocycles. The first-order valence-corrected chi connectivity index (χ1v) is 10.4. The third-order valence-electron chi connectivity index (χ3n) is 4.45. The summed E-state index contributed by atoms with van der Waals surface area (Å²) in [6.45, 7) is 9.89. The predicted molar refractivity (Wildman–Crippen MR) is 119 cm³/mol. The highest BCUT2D eigenvalue weighted by molar-refractivity contribution is 5.81. The van der Waals surface area contributed by atoms with E-state index in [1.165, 1.54) is 19.3 Å². The zero-order chi connectivity index (χ0) is 24.3. The molecule has 7 nitrogen and oxygen atoms in total. The fourth-order valence-electron chi connectivity index (χ4n) is 2.91. The van der Waals surface area contributed by atoms with Crippen LogP contribution in [0.15, 0.2) is 52.0 Å². The van der Waals surface area contributed by atoms with Gasteiger partial charge in [0.15, 0.2) is 6.23 Å². The van der Waals surface area contributed by atoms with E-state index in [1.54, 1.807) is 13.8 Å². The minimum Gasteiger partial charge on any atom is -0.478 e. The predicted octanol–water partition coefficient (Wildman–Crippen LogP) is 3.64. The Bertz CT molecular complexity index is 784. The summed E-state index contributed by atoms with van der Waals surface area (Å²) in [4.78, 5) is 18.7. The van der Waals surface area contributed by atoms with Crippen molar-refractivity contribution < 1.29 is 27.4 Å². The molecule has 1 unspecified atom stereocenters. The Morgan fingerprint density at radius 3 is 2.59 bits per heavy atom. The number of likely N-dealkylation sites (N-methyl/N-ethyl adjacent to an activating group) is 1. The van der Waals surface area contributed by atoms with Gasteiger partial charge in [-0.2, -0.15) is 13.2 Å². The lowest BCUT2D eigenvalue weighted by atomic mass is 10.0. The second-order valence-corrected chi connectivity index (χ2v) is 7.22. The maximum atomic E-state index is 13.4. The van der Waals surface area contributed by atoms with Crippen LogP contribution in [0.4, 0.5) is 13.2 Å². The van der Waals surface area contributed by atoms with Crippen LogP contribution in [0.2, 0.25) is 0 Å². The van der Waals surface area contributed by atoms with Gasteiger partial charge in [0.2, 0.25) is 11.8 Å². The smallest absolute Gasteiger partial charge is 0.416 e. The molecular formula is C22H33F3N4O3. The van der Waals surface area contributed by atoms with Gasteiger partial charge >= 0.3 is 6.18 Å². The average molecular weight is 459 g/mol. The molecule has 0 radical (unpaired) electrons. The van der Waals surface area contributed by atoms with Gasteiger partial charge in [-0.3, -0.25) is 4.79 Å². The molecule has 1 aliphatic heterocycles. The van der Waals surface area contributed by atoms with Gasteiger partial charge in [0, 0.05) is 12.2 Å². The average Bonchev–Trinajstić information content (AvgIpc) is 2.69. The Morgan fingerprint density at radius 1 is 1.38 bits per heavy atom. The molecular weight excluding hydrogens is 425 g/mol. The van der Waals surface area contributed by atoms with Crippen molar-refractivity contribution in [3.05, 3.63) is 47.0 Å². The molecule has 32 heavy (non-hydrogen) atoms. The lowest BCUT2D eigenvalue weighted by Crippen LogP contribution is -2.39. The number of carbonyl (C=O) groups excluding carboxylic acids is 1. The molecule has 0 fully saturated rings. The van der Waals surface area contributed by atoms with E-state index in [0.717, 1.165) is 6.08 Å². The van der Waals surface area contributed by atoms with Crippen molar-refractivity contribution >= 4 is 12.2 Å². The Morgan fingerprint density at radius 2 is 2.06 bits per heavy atom. The molecule has 180 valence electrons. The first kappa shape index (κ1) is 27.4. The van der Waals surface area contributed by atoms with E-state index in [9.17, 15) is 18.0 Å². The largest absolute Gasteiger partial charge is 0.478 e. The molecule has 10 heteroatoms. The lowest BCUT2D eigenvalue weighted by molar-refractivity contribution is -0.120. The van der Waals surface area contributed by atoms with Crippen molar-refractivity contribution in [1.29, 1.82) is 0 Å². The zero-order valence-electron chi connectivity index (χ0n) is 19.3. The molecule has 1 amide bonds. The fraction of sp³-hybridized carbons (Fsp3) is 0.545. The first-order chi connectivity index (χ1) is 15.0. The van der Waals surface area contributed by atoms with Crippen LogP contribution in [0, 0.1) is 0 Å². The molecule has 1 rings (SSSR count). The maximum absolute atomic E-state index is 13.4. The number of rotatable bonds is 12. The quantitative estimate of drug-likeness (QED) is 0.437. The molecule has 0 aromatic rings. The van der Waals surface area contributed by atoms with Crippen LogP contribution < -0.4 is 10.6 Å². The van der Waals surface area contributed by atoms with Crippen LogP contribution in [0.25, 0.3) is 0 Å². The number of nitrogens with one attached hydrogen (secondary N) is 2. The summed E-state index contributed by atoms with van der Waals surface area (Å²) in [7, 11) is 3.81. The highest BCUT2D eigenvalue weighted by Gasteiger charge is 2.35. The third kappa shape index (κ3) is 8.88. The van der Waals surface area contributed by atoms with Gasteiger partial charge in [-0.1, -0.05) is 19.6 Å². The number of hydrogen-bond acceptors (Lipinski definition) is 6. The Labute approximate surface area is 187 Å². The van der Waals surface area contributed by atoms with Crippen LogP contribution in [-0.2, 0) is 14.3 Å². The van der Waals surface area contributed by atoms with E-state index < -0.39 is 23.9 Å². The Kier molecular flexibility index (Phi) is 11.2. The number of ether oxygens (including phenoxy) is 2. The van der Waals surface area contributed by atoms with Gasteiger partial charge in [-0.25, -0.2) is 4.99 Å². The topological polar surface area (TPSA) is 75.2 Å². The zero-order valence-corrected chi connectivity index (χ0v) is 19.3. The fourth-order valence-corrected chi connectivity index (χ4v) is 2.91. The van der Waals surface area contributed by atoms with E-state index in [1.807, 2.05) is 19.0 Å². The highest BCUT2D eigenvalue weighted by Crippen LogP contribution is 2.33. The van der Waals surface area contributed by atoms with Crippen LogP contribution in [0.5, 0.6) is 0 Å². The van der Waals surface area contributed by atoms with Crippen molar-refractivity contribution in [3.8, 4) is 0 Å². The second kappa shape index (κ2) is 13.1. The third-order valence-corrected chi connectivity index (χ3v) is 4.45. The van der Waals surface area contributed by atoms with E-state index in [4.69, 9.17) is 9.47 Å². The van der Waals surface area contributed by atoms with Gasteiger partial charge < -0.3 is 25.0 Å². The number of alkyl halides is 3. The van der Waals surface area contributed by atoms with Gasteiger partial charge in [-0.15, -0.1) is 0 Å². The number of nitrogens with zero attached hydrogens (tertiary/aromatic N) is 2. The lowest BCUT2D eigenvalue weighted by Gasteiger charge is -2.26. The van der Waals surface area contributed by atoms with E-state index in [2.05, 4.69) is 22.2 Å². The van der Waals surface area contributed by atoms with Crippen molar-refractivity contribution in [2.24, 2.45) is 4.99 Å². The number of amides is 1. The highest BCUT2D eigenvalue weighted by atomic mass is 19.4. The summed E-state index contributed by atoms with van der Waals surface area (Å²) in [5, 5.41) is 5.35. The number of halogens is 3. The first-order valence-electron chi connectivity index (χ1n) is 10.4. The van der Waals surface area contributed by atoms with E-state index in [0.29, 0.717) is 25.3 Å². The Hall–Kier alpha value is -2.59. The van der Waals surface area contributed by atoms with Crippen molar-refractivity contribution in [2.45, 2.75) is 46.0 Å². The molecule has 2 N–H and O–H groups in total. The van der Waals surface area contributed by atoms with Gasteiger partial charge in [0.1, 0.15) is 0 Å². The van der Waals surface area contributed by atoms with Crippen molar-refractivity contribution in [2.75, 3.05) is 33.9 Å². The molecule has 1 aliphatic rings. The summed E-state index contributed by atoms with van der Waals surface area (Å²) >= 11 is 0. The number of hydrogen-bond donors (Lipinski definition) is 2. The summed E-state index contributed by atoms with van der Waals surface area (Å²) in [5.74, 6) is -0.311. The molecule has 0 spiro atoms. The molecule has 1 atom stereocenters. The van der Waals surface area contributed by atoms with E-state index in [-0.39, 0.29) is 30.0 Å². The normalized spacial score (nSPS) is 17.5. The SMILES string of the molecule is C=C(/C=C(\C(=C/C)CC)C(F)(F)F)NC(=O)CC1=C(OCC)N=CNC1OCCN(C)C. The summed E-state index contributed by atoms with van der Waals surface area (Å²) in [6.07, 6.45) is -1.54. The van der Waals surface area contributed by atoms with Crippen LogP contribution in [0.3, 0.4) is 0 Å². The molecule has 0 saturated carbocycles. The summed E-state index contributed by atoms with van der Waals surface area (Å²) in [5.41, 5.74) is -0.433. The van der Waals surface area contributed by atoms with Crippen LogP contribution in [-0.4, -0.2) is 63.4 Å². The number of carbonyl (C=O) groups is 1. The standard InChI is InChI=1S/C22H33F3N4O3/c1-7-16(8-2)18(22(23,24)25)12-15(4)28-19(30)13-17-20(31-9-3)26-14-27-21(17)32-11-10-29(5)6/h7,12,14,21H,4,8-11,13H2,1-3,5-6H3,(H,26,27)(H,28,30)/b16-7-,18-12+. The molecule has 0 aromatic heterocycles. The Balaban J connectivity index is 2.99.